The van der Waals surface area contributed by atoms with Crippen molar-refractivity contribution in [3.05, 3.63) is 0 Å². The molecule has 0 unspecified atom stereocenters. The lowest BCUT2D eigenvalue weighted by atomic mass is 9.89. The van der Waals surface area contributed by atoms with E-state index in [0.29, 0.717) is 12.2 Å². The number of rotatable bonds is 3. The third-order valence-corrected chi connectivity index (χ3v) is 5.12. The standard InChI is InChI=1S/C15H28N2O.2C2H6/c1-16-9-5-14(6-10-16)18-15-7-11-17(12-8-15)13-3-2-4-13;2*1-2/h13-15H,2-12H2,1H3;2*1-2H3. The molecule has 3 aliphatic rings. The van der Waals surface area contributed by atoms with Crippen LogP contribution in [-0.4, -0.2) is 61.3 Å². The molecule has 0 aromatic carbocycles. The topological polar surface area (TPSA) is 15.7 Å². The first-order valence-corrected chi connectivity index (χ1v) is 9.89. The predicted molar refractivity (Wildman–Crippen MR) is 96.5 cm³/mol. The molecule has 0 aromatic rings. The zero-order valence-electron chi connectivity index (χ0n) is 15.8. The van der Waals surface area contributed by atoms with Gasteiger partial charge in [0.05, 0.1) is 12.2 Å². The number of ether oxygens (including phenoxy) is 1. The average molecular weight is 313 g/mol. The van der Waals surface area contributed by atoms with E-state index in [2.05, 4.69) is 16.8 Å². The van der Waals surface area contributed by atoms with Gasteiger partial charge >= 0.3 is 0 Å². The van der Waals surface area contributed by atoms with Crippen LogP contribution < -0.4 is 0 Å². The van der Waals surface area contributed by atoms with E-state index in [1.807, 2.05) is 27.7 Å². The van der Waals surface area contributed by atoms with Gasteiger partial charge in [0.15, 0.2) is 0 Å². The molecule has 0 amide bonds. The maximum atomic E-state index is 6.31. The van der Waals surface area contributed by atoms with Crippen molar-refractivity contribution in [3.63, 3.8) is 0 Å². The van der Waals surface area contributed by atoms with E-state index in [1.54, 1.807) is 0 Å². The zero-order valence-corrected chi connectivity index (χ0v) is 15.8. The van der Waals surface area contributed by atoms with Crippen LogP contribution in [0.1, 0.15) is 72.6 Å². The predicted octanol–water partition coefficient (Wildman–Crippen LogP) is 4.17. The van der Waals surface area contributed by atoms with Crippen LogP contribution in [0.5, 0.6) is 0 Å². The first-order chi connectivity index (χ1) is 10.8. The molecule has 1 aliphatic carbocycles. The number of piperidine rings is 2. The molecule has 0 bridgehead atoms. The van der Waals surface area contributed by atoms with Crippen molar-refractivity contribution in [3.8, 4) is 0 Å². The van der Waals surface area contributed by atoms with E-state index < -0.39 is 0 Å². The number of likely N-dealkylation sites (tertiary alicyclic amines) is 2. The van der Waals surface area contributed by atoms with E-state index >= 15 is 0 Å². The second-order valence-electron chi connectivity index (χ2n) is 6.46. The van der Waals surface area contributed by atoms with E-state index in [0.717, 1.165) is 6.04 Å². The third kappa shape index (κ3) is 6.17. The van der Waals surface area contributed by atoms with Crippen molar-refractivity contribution in [1.82, 2.24) is 9.80 Å². The molecule has 22 heavy (non-hydrogen) atoms. The molecule has 0 spiro atoms. The van der Waals surface area contributed by atoms with Crippen LogP contribution in [0.25, 0.3) is 0 Å². The summed E-state index contributed by atoms with van der Waals surface area (Å²) in [5, 5.41) is 0. The highest BCUT2D eigenvalue weighted by Crippen LogP contribution is 2.28. The van der Waals surface area contributed by atoms with Gasteiger partial charge < -0.3 is 14.5 Å². The molecule has 0 radical (unpaired) electrons. The van der Waals surface area contributed by atoms with Crippen molar-refractivity contribution >= 4 is 0 Å². The molecule has 2 heterocycles. The van der Waals surface area contributed by atoms with E-state index in [-0.39, 0.29) is 0 Å². The minimum Gasteiger partial charge on any atom is -0.375 e. The van der Waals surface area contributed by atoms with Crippen molar-refractivity contribution in [1.29, 1.82) is 0 Å². The third-order valence-electron chi connectivity index (χ3n) is 5.12. The van der Waals surface area contributed by atoms with E-state index in [9.17, 15) is 0 Å². The molecule has 3 fully saturated rings. The molecular formula is C19H40N2O. The summed E-state index contributed by atoms with van der Waals surface area (Å²) in [6, 6.07) is 0.925. The molecule has 2 aliphatic heterocycles. The second-order valence-corrected chi connectivity index (χ2v) is 6.46. The summed E-state index contributed by atoms with van der Waals surface area (Å²) in [5.41, 5.74) is 0. The van der Waals surface area contributed by atoms with Crippen LogP contribution in [0.15, 0.2) is 0 Å². The summed E-state index contributed by atoms with van der Waals surface area (Å²) in [7, 11) is 2.22. The van der Waals surface area contributed by atoms with Crippen LogP contribution in [0.4, 0.5) is 0 Å². The highest BCUT2D eigenvalue weighted by atomic mass is 16.5. The van der Waals surface area contributed by atoms with Gasteiger partial charge in [-0.2, -0.15) is 0 Å². The van der Waals surface area contributed by atoms with Crippen LogP contribution in [-0.2, 0) is 4.74 Å². The van der Waals surface area contributed by atoms with Crippen LogP contribution in [0, 0.1) is 0 Å². The Hall–Kier alpha value is -0.120. The maximum Gasteiger partial charge on any atom is 0.0603 e. The molecular weight excluding hydrogens is 272 g/mol. The Morgan fingerprint density at radius 2 is 1.14 bits per heavy atom. The van der Waals surface area contributed by atoms with Crippen LogP contribution >= 0.6 is 0 Å². The van der Waals surface area contributed by atoms with Crippen LogP contribution in [0.2, 0.25) is 0 Å². The summed E-state index contributed by atoms with van der Waals surface area (Å²) in [5.74, 6) is 0. The molecule has 3 rings (SSSR count). The molecule has 132 valence electrons. The fraction of sp³-hybridized carbons (Fsp3) is 1.00. The second kappa shape index (κ2) is 11.4. The van der Waals surface area contributed by atoms with Crippen molar-refractivity contribution in [2.75, 3.05) is 33.2 Å². The maximum absolute atomic E-state index is 6.31. The van der Waals surface area contributed by atoms with Crippen molar-refractivity contribution < 1.29 is 4.74 Å². The SMILES string of the molecule is CC.CC.CN1CCC(OC2CCN(C3CCC3)CC2)CC1. The Balaban J connectivity index is 0.000000561. The number of nitrogens with zero attached hydrogens (tertiary/aromatic N) is 2. The quantitative estimate of drug-likeness (QED) is 0.778. The Morgan fingerprint density at radius 3 is 1.55 bits per heavy atom. The molecule has 1 saturated carbocycles. The van der Waals surface area contributed by atoms with Gasteiger partial charge in [-0.15, -0.1) is 0 Å². The largest absolute Gasteiger partial charge is 0.375 e. The molecule has 0 atom stereocenters. The average Bonchev–Trinajstić information content (AvgIpc) is 2.54. The summed E-state index contributed by atoms with van der Waals surface area (Å²) in [4.78, 5) is 5.12. The fourth-order valence-electron chi connectivity index (χ4n) is 3.52. The van der Waals surface area contributed by atoms with Gasteiger partial charge in [-0.05, 0) is 45.6 Å². The van der Waals surface area contributed by atoms with Crippen molar-refractivity contribution in [2.24, 2.45) is 0 Å². The first kappa shape index (κ1) is 19.9. The summed E-state index contributed by atoms with van der Waals surface area (Å²) in [6.07, 6.45) is 10.4. The van der Waals surface area contributed by atoms with E-state index in [4.69, 9.17) is 4.74 Å². The Morgan fingerprint density at radius 1 is 0.682 bits per heavy atom. The smallest absolute Gasteiger partial charge is 0.0603 e. The molecule has 3 heteroatoms. The monoisotopic (exact) mass is 312 g/mol. The van der Waals surface area contributed by atoms with Crippen LogP contribution in [0.3, 0.4) is 0 Å². The van der Waals surface area contributed by atoms with Gasteiger partial charge in [0.25, 0.3) is 0 Å². The Kier molecular flexibility index (Phi) is 10.3. The minimum atomic E-state index is 0.543. The van der Waals surface area contributed by atoms with Gasteiger partial charge in [-0.1, -0.05) is 34.1 Å². The highest BCUT2D eigenvalue weighted by molar-refractivity contribution is 4.84. The summed E-state index contributed by atoms with van der Waals surface area (Å²) in [6.45, 7) is 13.0. The first-order valence-electron chi connectivity index (χ1n) is 9.89. The Bertz CT molecular complexity index is 252. The van der Waals surface area contributed by atoms with E-state index in [1.165, 1.54) is 71.1 Å². The highest BCUT2D eigenvalue weighted by Gasteiger charge is 2.30. The van der Waals surface area contributed by atoms with Gasteiger partial charge in [0, 0.05) is 32.2 Å². The lowest BCUT2D eigenvalue weighted by Crippen LogP contribution is -2.47. The fourth-order valence-corrected chi connectivity index (χ4v) is 3.52. The summed E-state index contributed by atoms with van der Waals surface area (Å²) < 4.78 is 6.31. The van der Waals surface area contributed by atoms with Gasteiger partial charge in [-0.25, -0.2) is 0 Å². The summed E-state index contributed by atoms with van der Waals surface area (Å²) >= 11 is 0. The molecule has 0 aromatic heterocycles. The van der Waals surface area contributed by atoms with Crippen molar-refractivity contribution in [2.45, 2.75) is 90.9 Å². The zero-order chi connectivity index (χ0) is 16.4. The minimum absolute atomic E-state index is 0.543. The number of hydrogen-bond donors (Lipinski definition) is 0. The Labute approximate surface area is 139 Å². The lowest BCUT2D eigenvalue weighted by molar-refractivity contribution is -0.0701. The van der Waals surface area contributed by atoms with Gasteiger partial charge in [0.2, 0.25) is 0 Å². The lowest BCUT2D eigenvalue weighted by Gasteiger charge is -2.42. The molecule has 0 N–H and O–H groups in total. The van der Waals surface area contributed by atoms with Gasteiger partial charge in [0.1, 0.15) is 0 Å². The molecule has 3 nitrogen and oxygen atoms in total. The molecule has 2 saturated heterocycles. The normalized spacial score (nSPS) is 25.5. The van der Waals surface area contributed by atoms with Gasteiger partial charge in [-0.3, -0.25) is 0 Å². The number of hydrogen-bond acceptors (Lipinski definition) is 3.